The molecule has 126 valence electrons. The standard InChI is InChI=1S/C16H16N2O5S/c1-23-14-7-5-12(6-8-14)9-10-17-16(19)18-13-3-2-4-15(11-13)24(20,21)22/h2-11H,1H3,(H2,17,18,19)(H,20,21,22)/b10-9+. The molecule has 2 amide bonds. The lowest BCUT2D eigenvalue weighted by Crippen LogP contribution is -2.23. The highest BCUT2D eigenvalue weighted by Gasteiger charge is 2.10. The van der Waals surface area contributed by atoms with E-state index in [0.29, 0.717) is 0 Å². The predicted octanol–water partition coefficient (Wildman–Crippen LogP) is 2.73. The molecule has 3 N–H and O–H groups in total. The summed E-state index contributed by atoms with van der Waals surface area (Å²) in [5.41, 5.74) is 1.10. The normalized spacial score (nSPS) is 11.2. The average molecular weight is 348 g/mol. The van der Waals surface area contributed by atoms with Gasteiger partial charge in [-0.15, -0.1) is 0 Å². The van der Waals surface area contributed by atoms with Crippen LogP contribution in [0.3, 0.4) is 0 Å². The van der Waals surface area contributed by atoms with Crippen molar-refractivity contribution in [2.24, 2.45) is 0 Å². The zero-order valence-corrected chi connectivity index (χ0v) is 13.6. The van der Waals surface area contributed by atoms with Crippen molar-refractivity contribution in [2.45, 2.75) is 4.90 Å². The van der Waals surface area contributed by atoms with Crippen molar-refractivity contribution in [3.8, 4) is 5.75 Å². The lowest BCUT2D eigenvalue weighted by atomic mass is 10.2. The van der Waals surface area contributed by atoms with Gasteiger partial charge in [-0.25, -0.2) is 4.79 Å². The van der Waals surface area contributed by atoms with Crippen LogP contribution in [-0.2, 0) is 10.1 Å². The summed E-state index contributed by atoms with van der Waals surface area (Å²) in [5, 5.41) is 4.95. The number of urea groups is 1. The maximum Gasteiger partial charge on any atom is 0.323 e. The Labute approximate surface area is 139 Å². The van der Waals surface area contributed by atoms with Gasteiger partial charge < -0.3 is 15.4 Å². The van der Waals surface area contributed by atoms with E-state index in [2.05, 4.69) is 10.6 Å². The van der Waals surface area contributed by atoms with Gasteiger partial charge in [0.05, 0.1) is 12.0 Å². The molecule has 0 aliphatic carbocycles. The quantitative estimate of drug-likeness (QED) is 0.721. The molecular formula is C16H16N2O5S. The summed E-state index contributed by atoms with van der Waals surface area (Å²) in [4.78, 5) is 11.5. The third-order valence-corrected chi connectivity index (χ3v) is 3.85. The summed E-state index contributed by atoms with van der Waals surface area (Å²) in [6.45, 7) is 0. The monoisotopic (exact) mass is 348 g/mol. The van der Waals surface area contributed by atoms with Crippen LogP contribution in [0, 0.1) is 0 Å². The largest absolute Gasteiger partial charge is 0.497 e. The number of rotatable bonds is 5. The molecule has 0 unspecified atom stereocenters. The lowest BCUT2D eigenvalue weighted by molar-refractivity contribution is 0.255. The van der Waals surface area contributed by atoms with E-state index < -0.39 is 16.1 Å². The molecule has 0 heterocycles. The number of ether oxygens (including phenoxy) is 1. The van der Waals surface area contributed by atoms with Gasteiger partial charge in [-0.3, -0.25) is 4.55 Å². The first-order chi connectivity index (χ1) is 11.4. The van der Waals surface area contributed by atoms with Crippen LogP contribution in [0.25, 0.3) is 6.08 Å². The number of nitrogens with one attached hydrogen (secondary N) is 2. The fourth-order valence-corrected chi connectivity index (χ4v) is 2.36. The number of hydrogen-bond donors (Lipinski definition) is 3. The Kier molecular flexibility index (Phi) is 5.56. The number of benzene rings is 2. The fourth-order valence-electron chi connectivity index (χ4n) is 1.83. The zero-order chi connectivity index (χ0) is 17.6. The van der Waals surface area contributed by atoms with E-state index in [9.17, 15) is 13.2 Å². The van der Waals surface area contributed by atoms with Gasteiger partial charge in [0, 0.05) is 11.9 Å². The second-order valence-electron chi connectivity index (χ2n) is 4.71. The highest BCUT2D eigenvalue weighted by Crippen LogP contribution is 2.15. The van der Waals surface area contributed by atoms with Gasteiger partial charge in [-0.2, -0.15) is 8.42 Å². The molecule has 7 nitrogen and oxygen atoms in total. The van der Waals surface area contributed by atoms with Gasteiger partial charge in [0.2, 0.25) is 0 Å². The maximum atomic E-state index is 11.8. The summed E-state index contributed by atoms with van der Waals surface area (Å²) >= 11 is 0. The smallest absolute Gasteiger partial charge is 0.323 e. The fraction of sp³-hybridized carbons (Fsp3) is 0.0625. The molecule has 0 aliphatic heterocycles. The van der Waals surface area contributed by atoms with Crippen molar-refractivity contribution in [3.05, 3.63) is 60.3 Å². The van der Waals surface area contributed by atoms with E-state index in [1.54, 1.807) is 25.3 Å². The van der Waals surface area contributed by atoms with E-state index in [1.807, 2.05) is 12.1 Å². The van der Waals surface area contributed by atoms with Crippen LogP contribution in [-0.4, -0.2) is 26.1 Å². The first-order valence-corrected chi connectivity index (χ1v) is 8.28. The summed E-state index contributed by atoms with van der Waals surface area (Å²) in [5.74, 6) is 0.733. The van der Waals surface area contributed by atoms with Crippen molar-refractivity contribution < 1.29 is 22.5 Å². The number of carbonyl (C=O) groups excluding carboxylic acids is 1. The minimum atomic E-state index is -4.32. The molecule has 0 radical (unpaired) electrons. The van der Waals surface area contributed by atoms with Gasteiger partial charge in [-0.1, -0.05) is 18.2 Å². The van der Waals surface area contributed by atoms with Crippen molar-refractivity contribution >= 4 is 27.9 Å². The minimum Gasteiger partial charge on any atom is -0.497 e. The zero-order valence-electron chi connectivity index (χ0n) is 12.8. The molecule has 0 aliphatic rings. The highest BCUT2D eigenvalue weighted by atomic mass is 32.2. The number of methoxy groups -OCH3 is 1. The van der Waals surface area contributed by atoms with Crippen LogP contribution in [0.1, 0.15) is 5.56 Å². The van der Waals surface area contributed by atoms with Crippen LogP contribution >= 0.6 is 0 Å². The molecule has 0 fully saturated rings. The van der Waals surface area contributed by atoms with E-state index in [1.165, 1.54) is 24.4 Å². The summed E-state index contributed by atoms with van der Waals surface area (Å²) in [6.07, 6.45) is 3.14. The summed E-state index contributed by atoms with van der Waals surface area (Å²) < 4.78 is 36.1. The molecular weight excluding hydrogens is 332 g/mol. The predicted molar refractivity (Wildman–Crippen MR) is 90.4 cm³/mol. The third kappa shape index (κ3) is 5.11. The van der Waals surface area contributed by atoms with Gasteiger partial charge in [0.15, 0.2) is 0 Å². The minimum absolute atomic E-state index is 0.237. The molecule has 0 saturated carbocycles. The summed E-state index contributed by atoms with van der Waals surface area (Å²) in [6, 6.07) is 12.0. The Morgan fingerprint density at radius 2 is 1.88 bits per heavy atom. The Balaban J connectivity index is 1.94. The van der Waals surface area contributed by atoms with Crippen molar-refractivity contribution in [1.29, 1.82) is 0 Å². The van der Waals surface area contributed by atoms with Crippen LogP contribution in [0.15, 0.2) is 59.6 Å². The van der Waals surface area contributed by atoms with E-state index in [0.717, 1.165) is 17.4 Å². The topological polar surface area (TPSA) is 105 Å². The molecule has 0 bridgehead atoms. The average Bonchev–Trinajstić information content (AvgIpc) is 2.55. The van der Waals surface area contributed by atoms with E-state index in [-0.39, 0.29) is 10.6 Å². The van der Waals surface area contributed by atoms with Crippen molar-refractivity contribution in [2.75, 3.05) is 12.4 Å². The van der Waals surface area contributed by atoms with Crippen LogP contribution in [0.2, 0.25) is 0 Å². The molecule has 0 spiro atoms. The van der Waals surface area contributed by atoms with Gasteiger partial charge in [0.25, 0.3) is 10.1 Å². The Hall–Kier alpha value is -2.84. The lowest BCUT2D eigenvalue weighted by Gasteiger charge is -2.06. The Bertz CT molecular complexity index is 845. The van der Waals surface area contributed by atoms with E-state index in [4.69, 9.17) is 9.29 Å². The number of amides is 2. The third-order valence-electron chi connectivity index (χ3n) is 3.00. The second-order valence-corrected chi connectivity index (χ2v) is 6.13. The number of hydrogen-bond acceptors (Lipinski definition) is 4. The summed E-state index contributed by atoms with van der Waals surface area (Å²) in [7, 11) is -2.74. The first kappa shape index (κ1) is 17.5. The van der Waals surface area contributed by atoms with Crippen molar-refractivity contribution in [1.82, 2.24) is 5.32 Å². The Morgan fingerprint density at radius 1 is 1.17 bits per heavy atom. The molecule has 2 aromatic carbocycles. The number of carbonyl (C=O) groups is 1. The molecule has 0 aromatic heterocycles. The van der Waals surface area contributed by atoms with Crippen LogP contribution in [0.5, 0.6) is 5.75 Å². The van der Waals surface area contributed by atoms with Crippen molar-refractivity contribution in [3.63, 3.8) is 0 Å². The van der Waals surface area contributed by atoms with Gasteiger partial charge >= 0.3 is 6.03 Å². The molecule has 0 atom stereocenters. The number of anilines is 1. The molecule has 24 heavy (non-hydrogen) atoms. The van der Waals surface area contributed by atoms with Gasteiger partial charge in [0.1, 0.15) is 5.75 Å². The first-order valence-electron chi connectivity index (χ1n) is 6.84. The van der Waals surface area contributed by atoms with Gasteiger partial charge in [-0.05, 0) is 42.0 Å². The highest BCUT2D eigenvalue weighted by molar-refractivity contribution is 7.85. The molecule has 0 saturated heterocycles. The van der Waals surface area contributed by atoms with Crippen LogP contribution < -0.4 is 15.4 Å². The Morgan fingerprint density at radius 3 is 2.50 bits per heavy atom. The second kappa shape index (κ2) is 7.62. The maximum absolute atomic E-state index is 11.8. The molecule has 2 aromatic rings. The molecule has 2 rings (SSSR count). The van der Waals surface area contributed by atoms with E-state index >= 15 is 0 Å². The van der Waals surface area contributed by atoms with Crippen LogP contribution in [0.4, 0.5) is 10.5 Å². The molecule has 8 heteroatoms. The SMILES string of the molecule is COc1ccc(/C=C/NC(=O)Nc2cccc(S(=O)(=O)O)c2)cc1.